The zero-order valence-corrected chi connectivity index (χ0v) is 15.5. The van der Waals surface area contributed by atoms with Crippen molar-refractivity contribution >= 4 is 46.3 Å². The molecule has 2 heterocycles. The molecule has 0 saturated heterocycles. The van der Waals surface area contributed by atoms with Gasteiger partial charge >= 0.3 is 6.18 Å². The van der Waals surface area contributed by atoms with Crippen LogP contribution in [-0.4, -0.2) is 27.8 Å². The van der Waals surface area contributed by atoms with E-state index >= 15 is 0 Å². The van der Waals surface area contributed by atoms with Gasteiger partial charge in [0.05, 0.1) is 28.8 Å². The average molecular weight is 428 g/mol. The second kappa shape index (κ2) is 8.44. The number of carbonyl (C=O) groups excluding carboxylic acids is 2. The maximum atomic E-state index is 13.4. The predicted molar refractivity (Wildman–Crippen MR) is 97.4 cm³/mol. The summed E-state index contributed by atoms with van der Waals surface area (Å²) in [6, 6.07) is 4.48. The van der Waals surface area contributed by atoms with E-state index in [-0.39, 0.29) is 17.0 Å². The molecule has 2 aromatic heterocycles. The Morgan fingerprint density at radius 1 is 1.21 bits per heavy atom. The molecule has 0 aliphatic rings. The molecule has 12 heteroatoms. The molecule has 0 atom stereocenters. The van der Waals surface area contributed by atoms with Gasteiger partial charge in [0.1, 0.15) is 11.8 Å². The highest BCUT2D eigenvalue weighted by atomic mass is 32.2. The molecule has 0 aliphatic carbocycles. The lowest BCUT2D eigenvalue weighted by molar-refractivity contribution is -0.136. The fraction of sp³-hybridized carbons (Fsp3) is 0.125. The predicted octanol–water partition coefficient (Wildman–Crippen LogP) is 4.13. The lowest BCUT2D eigenvalue weighted by Gasteiger charge is -2.15. The van der Waals surface area contributed by atoms with Crippen molar-refractivity contribution < 1.29 is 27.2 Å². The molecule has 2 N–H and O–H groups in total. The van der Waals surface area contributed by atoms with E-state index in [1.807, 2.05) is 0 Å². The molecule has 3 rings (SSSR count). The Labute approximate surface area is 164 Å². The zero-order chi connectivity index (χ0) is 20.1. The van der Waals surface area contributed by atoms with Crippen LogP contribution in [0.4, 0.5) is 24.5 Å². The maximum absolute atomic E-state index is 13.4. The van der Waals surface area contributed by atoms with Crippen molar-refractivity contribution in [3.8, 4) is 0 Å². The molecule has 0 unspecified atom stereocenters. The number of anilines is 2. The molecule has 0 aliphatic heterocycles. The Morgan fingerprint density at radius 2 is 2.04 bits per heavy atom. The second-order valence-electron chi connectivity index (χ2n) is 5.27. The first-order valence-corrected chi connectivity index (χ1v) is 9.43. The molecule has 2 amide bonds. The number of hydrogen-bond donors (Lipinski definition) is 2. The third-order valence-electron chi connectivity index (χ3n) is 3.31. The number of rotatable bonds is 6. The van der Waals surface area contributed by atoms with Crippen molar-refractivity contribution in [1.29, 1.82) is 0 Å². The number of carbonyl (C=O) groups is 2. The normalized spacial score (nSPS) is 11.2. The molecule has 28 heavy (non-hydrogen) atoms. The molecule has 3 aromatic rings. The van der Waals surface area contributed by atoms with Gasteiger partial charge in [0.2, 0.25) is 5.91 Å². The van der Waals surface area contributed by atoms with Crippen LogP contribution >= 0.6 is 23.1 Å². The van der Waals surface area contributed by atoms with E-state index in [0.29, 0.717) is 4.34 Å². The second-order valence-corrected chi connectivity index (χ2v) is 7.32. The Hall–Kier alpha value is -2.86. The standard InChI is InChI=1S/C16H11F3N4O3S2/c17-16(18,19)11-5-10(21-14(25)9-3-4-26-6-9)1-2-12(11)22-13(24)7-27-15-23-20-8-28-15/h1-6,8H,7H2,(H,21,25)(H,22,24). The van der Waals surface area contributed by atoms with Crippen LogP contribution in [0.15, 0.2) is 51.1 Å². The summed E-state index contributed by atoms with van der Waals surface area (Å²) in [6.45, 7) is 0. The highest BCUT2D eigenvalue weighted by Crippen LogP contribution is 2.37. The molecule has 0 spiro atoms. The Morgan fingerprint density at radius 3 is 2.68 bits per heavy atom. The van der Waals surface area contributed by atoms with Gasteiger partial charge in [-0.05, 0) is 24.3 Å². The first kappa shape index (κ1) is 19.9. The van der Waals surface area contributed by atoms with Crippen LogP contribution in [0.1, 0.15) is 15.9 Å². The molecule has 0 radical (unpaired) electrons. The first-order chi connectivity index (χ1) is 13.3. The lowest BCUT2D eigenvalue weighted by Crippen LogP contribution is -2.19. The molecule has 7 nitrogen and oxygen atoms in total. The minimum absolute atomic E-state index is 0.0697. The summed E-state index contributed by atoms with van der Waals surface area (Å²) in [5, 5.41) is 11.9. The van der Waals surface area contributed by atoms with Gasteiger partial charge < -0.3 is 15.1 Å². The van der Waals surface area contributed by atoms with Crippen molar-refractivity contribution in [2.24, 2.45) is 0 Å². The number of alkyl halides is 3. The quantitative estimate of drug-likeness (QED) is 0.573. The molecule has 0 fully saturated rings. The van der Waals surface area contributed by atoms with Gasteiger partial charge in [0.25, 0.3) is 5.91 Å². The number of nitrogens with one attached hydrogen (secondary N) is 2. The van der Waals surface area contributed by atoms with E-state index in [1.165, 1.54) is 41.5 Å². The van der Waals surface area contributed by atoms with Crippen molar-refractivity contribution in [2.45, 2.75) is 10.5 Å². The van der Waals surface area contributed by atoms with Gasteiger partial charge in [-0.1, -0.05) is 23.1 Å². The van der Waals surface area contributed by atoms with Crippen molar-refractivity contribution in [2.75, 3.05) is 16.4 Å². The van der Waals surface area contributed by atoms with Crippen LogP contribution in [0.25, 0.3) is 0 Å². The maximum Gasteiger partial charge on any atom is 0.418 e. The van der Waals surface area contributed by atoms with E-state index in [0.717, 1.165) is 23.9 Å². The summed E-state index contributed by atoms with van der Waals surface area (Å²) in [4.78, 5) is 23.9. The zero-order valence-electron chi connectivity index (χ0n) is 13.8. The summed E-state index contributed by atoms with van der Waals surface area (Å²) in [7, 11) is 0. The third kappa shape index (κ3) is 5.10. The molecule has 1 aromatic carbocycles. The topological polar surface area (TPSA) is 97.1 Å². The minimum atomic E-state index is -4.73. The summed E-state index contributed by atoms with van der Waals surface area (Å²) in [6.07, 6.45) is -2.29. The highest BCUT2D eigenvalue weighted by Gasteiger charge is 2.34. The Balaban J connectivity index is 1.73. The van der Waals surface area contributed by atoms with Crippen molar-refractivity contribution in [3.05, 3.63) is 53.4 Å². The van der Waals surface area contributed by atoms with E-state index in [9.17, 15) is 22.8 Å². The number of nitrogens with zero attached hydrogens (tertiary/aromatic N) is 2. The molecule has 0 bridgehead atoms. The van der Waals surface area contributed by atoms with Gasteiger partial charge in [-0.2, -0.15) is 13.2 Å². The monoisotopic (exact) mass is 428 g/mol. The van der Waals surface area contributed by atoms with Crippen molar-refractivity contribution in [3.63, 3.8) is 0 Å². The summed E-state index contributed by atoms with van der Waals surface area (Å²) < 4.78 is 45.5. The number of benzene rings is 1. The Bertz CT molecular complexity index is 960. The number of aromatic nitrogens is 2. The van der Waals surface area contributed by atoms with Gasteiger partial charge in [-0.3, -0.25) is 9.59 Å². The van der Waals surface area contributed by atoms with E-state index in [2.05, 4.69) is 20.8 Å². The third-order valence-corrected chi connectivity index (χ3v) is 5.17. The van der Waals surface area contributed by atoms with E-state index < -0.39 is 29.2 Å². The summed E-state index contributed by atoms with van der Waals surface area (Å²) >= 11 is 2.28. The van der Waals surface area contributed by atoms with Crippen LogP contribution in [0.5, 0.6) is 0 Å². The van der Waals surface area contributed by atoms with Crippen LogP contribution in [-0.2, 0) is 11.0 Å². The van der Waals surface area contributed by atoms with Gasteiger partial charge in [-0.15, -0.1) is 10.2 Å². The lowest BCUT2D eigenvalue weighted by atomic mass is 10.1. The summed E-state index contributed by atoms with van der Waals surface area (Å²) in [5.74, 6) is -1.36. The fourth-order valence-corrected chi connectivity index (χ4v) is 3.39. The van der Waals surface area contributed by atoms with Gasteiger partial charge in [-0.25, -0.2) is 0 Å². The number of thioether (sulfide) groups is 1. The van der Waals surface area contributed by atoms with Crippen molar-refractivity contribution in [1.82, 2.24) is 10.2 Å². The molecule has 0 saturated carbocycles. The average Bonchev–Trinajstić information content (AvgIpc) is 3.34. The smallest absolute Gasteiger partial charge is 0.418 e. The van der Waals surface area contributed by atoms with Gasteiger partial charge in [0, 0.05) is 5.69 Å². The van der Waals surface area contributed by atoms with Crippen LogP contribution in [0.2, 0.25) is 0 Å². The largest absolute Gasteiger partial charge is 0.472 e. The number of hydrogen-bond acceptors (Lipinski definition) is 7. The number of halogens is 3. The van der Waals surface area contributed by atoms with E-state index in [4.69, 9.17) is 4.42 Å². The van der Waals surface area contributed by atoms with Gasteiger partial charge in [0.15, 0.2) is 4.34 Å². The van der Waals surface area contributed by atoms with Crippen LogP contribution < -0.4 is 10.6 Å². The van der Waals surface area contributed by atoms with E-state index in [1.54, 1.807) is 0 Å². The van der Waals surface area contributed by atoms with Crippen LogP contribution in [0, 0.1) is 0 Å². The highest BCUT2D eigenvalue weighted by molar-refractivity contribution is 8.01. The molecular formula is C16H11F3N4O3S2. The minimum Gasteiger partial charge on any atom is -0.472 e. The fourth-order valence-electron chi connectivity index (χ4n) is 2.10. The Kier molecular flexibility index (Phi) is 5.99. The summed E-state index contributed by atoms with van der Waals surface area (Å²) in [5.41, 5.74) is 0.0984. The van der Waals surface area contributed by atoms with Crippen LogP contribution in [0.3, 0.4) is 0 Å². The molecular weight excluding hydrogens is 417 g/mol. The molecule has 146 valence electrons. The first-order valence-electron chi connectivity index (χ1n) is 7.56. The number of amides is 2. The number of furan rings is 1. The SMILES string of the molecule is O=C(CSc1nncs1)Nc1ccc(NC(=O)c2ccoc2)cc1C(F)(F)F.